The number of sulfonamides is 1. The molecule has 0 aliphatic heterocycles. The Morgan fingerprint density at radius 2 is 2.16 bits per heavy atom. The molecule has 0 aromatic carbocycles. The number of nitrogens with zero attached hydrogens (tertiary/aromatic N) is 1. The molecule has 0 radical (unpaired) electrons. The van der Waals surface area contributed by atoms with Crippen LogP contribution in [0.15, 0.2) is 12.1 Å². The Balaban J connectivity index is 2.50. The minimum Gasteiger partial charge on any atom is -0.476 e. The van der Waals surface area contributed by atoms with Crippen LogP contribution in [0.3, 0.4) is 0 Å². The van der Waals surface area contributed by atoms with Crippen molar-refractivity contribution in [3.8, 4) is 5.88 Å². The number of hydrogen-bond acceptors (Lipinski definition) is 6. The number of nitrogen functional groups attached to an aromatic ring is 1. The molecule has 7 nitrogen and oxygen atoms in total. The maximum absolute atomic E-state index is 10.8. The molecular formula is C11H20N4O3S. The van der Waals surface area contributed by atoms with Crippen LogP contribution in [0.1, 0.15) is 19.8 Å². The van der Waals surface area contributed by atoms with Gasteiger partial charge in [0.05, 0.1) is 18.0 Å². The minimum absolute atomic E-state index is 0.0613. The van der Waals surface area contributed by atoms with E-state index in [4.69, 9.17) is 15.6 Å². The second kappa shape index (κ2) is 7.15. The van der Waals surface area contributed by atoms with E-state index in [1.54, 1.807) is 12.1 Å². The fraction of sp³-hybridized carbons (Fsp3) is 0.545. The van der Waals surface area contributed by atoms with Crippen molar-refractivity contribution >= 4 is 21.5 Å². The molecule has 0 aliphatic carbocycles. The number of rotatable bonds is 8. The van der Waals surface area contributed by atoms with Crippen LogP contribution >= 0.6 is 0 Å². The van der Waals surface area contributed by atoms with E-state index in [9.17, 15) is 8.42 Å². The number of aromatic nitrogens is 1. The lowest BCUT2D eigenvalue weighted by atomic mass is 10.4. The molecule has 0 aliphatic rings. The molecule has 0 unspecified atom stereocenters. The summed E-state index contributed by atoms with van der Waals surface area (Å²) in [6.07, 6.45) is 1.28. The van der Waals surface area contributed by atoms with Crippen LogP contribution in [0.4, 0.5) is 11.5 Å². The molecule has 1 rings (SSSR count). The van der Waals surface area contributed by atoms with Gasteiger partial charge in [-0.3, -0.25) is 0 Å². The molecule has 1 aromatic rings. The zero-order valence-corrected chi connectivity index (χ0v) is 11.7. The van der Waals surface area contributed by atoms with Crippen molar-refractivity contribution in [2.24, 2.45) is 5.14 Å². The molecule has 0 saturated carbocycles. The van der Waals surface area contributed by atoms with Gasteiger partial charge in [0.25, 0.3) is 0 Å². The van der Waals surface area contributed by atoms with Crippen LogP contribution in [0.2, 0.25) is 0 Å². The largest absolute Gasteiger partial charge is 0.476 e. The van der Waals surface area contributed by atoms with Crippen molar-refractivity contribution in [3.05, 3.63) is 12.1 Å². The summed E-state index contributed by atoms with van der Waals surface area (Å²) in [4.78, 5) is 4.20. The van der Waals surface area contributed by atoms with E-state index in [0.717, 1.165) is 6.42 Å². The first kappa shape index (κ1) is 15.5. The van der Waals surface area contributed by atoms with E-state index in [1.165, 1.54) is 0 Å². The first-order valence-corrected chi connectivity index (χ1v) is 7.77. The smallest absolute Gasteiger partial charge is 0.239 e. The summed E-state index contributed by atoms with van der Waals surface area (Å²) in [6, 6.07) is 3.41. The number of anilines is 2. The van der Waals surface area contributed by atoms with Crippen molar-refractivity contribution in [2.75, 3.05) is 30.0 Å². The fourth-order valence-corrected chi connectivity index (χ4v) is 1.90. The second-order valence-electron chi connectivity index (χ2n) is 4.09. The average molecular weight is 288 g/mol. The van der Waals surface area contributed by atoms with Crippen LogP contribution in [0.25, 0.3) is 0 Å². The number of ether oxygens (including phenoxy) is 1. The molecule has 108 valence electrons. The second-order valence-corrected chi connectivity index (χ2v) is 5.82. The first-order valence-electron chi connectivity index (χ1n) is 6.06. The Hall–Kier alpha value is -1.54. The maximum atomic E-state index is 10.8. The molecule has 0 spiro atoms. The van der Waals surface area contributed by atoms with Gasteiger partial charge in [-0.15, -0.1) is 0 Å². The summed E-state index contributed by atoms with van der Waals surface area (Å²) in [5.41, 5.74) is 6.21. The lowest BCUT2D eigenvalue weighted by Crippen LogP contribution is -2.19. The average Bonchev–Trinajstić information content (AvgIpc) is 2.33. The highest BCUT2D eigenvalue weighted by molar-refractivity contribution is 7.89. The van der Waals surface area contributed by atoms with Crippen LogP contribution < -0.4 is 20.9 Å². The molecule has 0 bridgehead atoms. The minimum atomic E-state index is -3.41. The Labute approximate surface area is 113 Å². The Bertz CT molecular complexity index is 505. The zero-order valence-electron chi connectivity index (χ0n) is 10.9. The number of pyridine rings is 1. The highest BCUT2D eigenvalue weighted by Crippen LogP contribution is 2.20. The van der Waals surface area contributed by atoms with Gasteiger partial charge in [0.15, 0.2) is 0 Å². The van der Waals surface area contributed by atoms with Gasteiger partial charge in [-0.05, 0) is 25.0 Å². The summed E-state index contributed by atoms with van der Waals surface area (Å²) in [5.74, 6) is 0.918. The molecule has 0 atom stereocenters. The van der Waals surface area contributed by atoms with Crippen molar-refractivity contribution in [2.45, 2.75) is 19.8 Å². The van der Waals surface area contributed by atoms with Crippen molar-refractivity contribution in [1.29, 1.82) is 0 Å². The van der Waals surface area contributed by atoms with Crippen LogP contribution in [0.5, 0.6) is 5.88 Å². The van der Waals surface area contributed by atoms with Crippen molar-refractivity contribution < 1.29 is 13.2 Å². The van der Waals surface area contributed by atoms with Crippen LogP contribution in [-0.2, 0) is 10.0 Å². The Kier molecular flexibility index (Phi) is 5.84. The van der Waals surface area contributed by atoms with Crippen molar-refractivity contribution in [3.63, 3.8) is 0 Å². The molecule has 0 saturated heterocycles. The fourth-order valence-electron chi connectivity index (χ4n) is 1.35. The number of hydrogen-bond donors (Lipinski definition) is 3. The molecule has 0 fully saturated rings. The monoisotopic (exact) mass is 288 g/mol. The standard InChI is InChI=1S/C11H20N4O3S/c1-2-7-18-11-9(12)4-5-10(15-11)14-6-3-8-19(13,16)17/h4-5H,2-3,6-8,12H2,1H3,(H,14,15)(H2,13,16,17). The van der Waals surface area contributed by atoms with Gasteiger partial charge in [0.2, 0.25) is 15.9 Å². The quantitative estimate of drug-likeness (QED) is 0.600. The lowest BCUT2D eigenvalue weighted by Gasteiger charge is -2.10. The van der Waals surface area contributed by atoms with E-state index in [0.29, 0.717) is 37.0 Å². The first-order chi connectivity index (χ1) is 8.92. The zero-order chi connectivity index (χ0) is 14.3. The third-order valence-electron chi connectivity index (χ3n) is 2.24. The SMILES string of the molecule is CCCOc1nc(NCCCS(N)(=O)=O)ccc1N. The van der Waals surface area contributed by atoms with E-state index >= 15 is 0 Å². The summed E-state index contributed by atoms with van der Waals surface area (Å²) in [6.45, 7) is 3.00. The van der Waals surface area contributed by atoms with Gasteiger partial charge < -0.3 is 15.8 Å². The maximum Gasteiger partial charge on any atom is 0.239 e. The molecule has 1 aromatic heterocycles. The predicted molar refractivity (Wildman–Crippen MR) is 75.5 cm³/mol. The molecule has 1 heterocycles. The van der Waals surface area contributed by atoms with Gasteiger partial charge in [0.1, 0.15) is 5.82 Å². The number of nitrogens with one attached hydrogen (secondary N) is 1. The van der Waals surface area contributed by atoms with E-state index in [2.05, 4.69) is 10.3 Å². The summed E-state index contributed by atoms with van der Waals surface area (Å²) >= 11 is 0. The van der Waals surface area contributed by atoms with Crippen LogP contribution in [-0.4, -0.2) is 32.3 Å². The summed E-state index contributed by atoms with van der Waals surface area (Å²) in [7, 11) is -3.41. The van der Waals surface area contributed by atoms with Gasteiger partial charge in [-0.1, -0.05) is 6.92 Å². The van der Waals surface area contributed by atoms with E-state index < -0.39 is 10.0 Å². The van der Waals surface area contributed by atoms with Gasteiger partial charge in [-0.25, -0.2) is 13.6 Å². The predicted octanol–water partition coefficient (Wildman–Crippen LogP) is 0.543. The summed E-state index contributed by atoms with van der Waals surface area (Å²) in [5, 5.41) is 7.90. The highest BCUT2D eigenvalue weighted by atomic mass is 32.2. The normalized spacial score (nSPS) is 11.3. The topological polar surface area (TPSA) is 120 Å². The Morgan fingerprint density at radius 3 is 2.79 bits per heavy atom. The Morgan fingerprint density at radius 1 is 1.42 bits per heavy atom. The van der Waals surface area contributed by atoms with Gasteiger partial charge >= 0.3 is 0 Å². The van der Waals surface area contributed by atoms with Crippen molar-refractivity contribution in [1.82, 2.24) is 4.98 Å². The third kappa shape index (κ3) is 6.25. The lowest BCUT2D eigenvalue weighted by molar-refractivity contribution is 0.307. The van der Waals surface area contributed by atoms with E-state index in [1.807, 2.05) is 6.92 Å². The molecule has 5 N–H and O–H groups in total. The molecule has 19 heavy (non-hydrogen) atoms. The third-order valence-corrected chi connectivity index (χ3v) is 3.10. The molecular weight excluding hydrogens is 268 g/mol. The van der Waals surface area contributed by atoms with Crippen LogP contribution in [0, 0.1) is 0 Å². The molecule has 8 heteroatoms. The summed E-state index contributed by atoms with van der Waals surface area (Å²) < 4.78 is 26.9. The number of nitrogens with two attached hydrogens (primary N) is 2. The number of primary sulfonamides is 1. The van der Waals surface area contributed by atoms with Gasteiger partial charge in [-0.2, -0.15) is 4.98 Å². The van der Waals surface area contributed by atoms with E-state index in [-0.39, 0.29) is 5.75 Å². The molecule has 0 amide bonds. The highest BCUT2D eigenvalue weighted by Gasteiger charge is 2.05. The van der Waals surface area contributed by atoms with Gasteiger partial charge in [0, 0.05) is 6.54 Å².